The number of aliphatic hydroxyl groups excluding tert-OH is 1. The third kappa shape index (κ3) is 2.82. The summed E-state index contributed by atoms with van der Waals surface area (Å²) in [5.74, 6) is 0.268. The fourth-order valence-corrected chi connectivity index (χ4v) is 4.70. The van der Waals surface area contributed by atoms with E-state index in [2.05, 4.69) is 15.2 Å². The zero-order valence-corrected chi connectivity index (χ0v) is 15.0. The van der Waals surface area contributed by atoms with Crippen LogP contribution in [0.5, 0.6) is 0 Å². The maximum Gasteiger partial charge on any atom is 0.254 e. The monoisotopic (exact) mass is 342 g/mol. The molecule has 25 heavy (non-hydrogen) atoms. The minimum Gasteiger partial charge on any atom is -0.393 e. The Morgan fingerprint density at radius 3 is 2.84 bits per heavy atom. The standard InChI is InChI=1S/C19H26N4O2/c1-11-10-14(17-12(2)21-22-18(17)20-11)19(25)23-9-5-7-15(23)13-6-3-4-8-16(13)24/h10,13,15-16,24H,3-9H2,1-2H3,(H,20,21,22)/t13-,15+,16-/m0/s1. The second-order valence-corrected chi connectivity index (χ2v) is 7.58. The number of likely N-dealkylation sites (tertiary alicyclic amines) is 1. The minimum atomic E-state index is -0.276. The van der Waals surface area contributed by atoms with Crippen molar-refractivity contribution < 1.29 is 9.90 Å². The Balaban J connectivity index is 1.69. The van der Waals surface area contributed by atoms with Crippen LogP contribution in [0.15, 0.2) is 6.07 Å². The molecule has 2 aliphatic rings. The van der Waals surface area contributed by atoms with Crippen LogP contribution in [0.1, 0.15) is 60.3 Å². The summed E-state index contributed by atoms with van der Waals surface area (Å²) >= 11 is 0. The Hall–Kier alpha value is -1.95. The number of fused-ring (bicyclic) bond motifs is 1. The van der Waals surface area contributed by atoms with Crippen LogP contribution in [0.25, 0.3) is 11.0 Å². The number of nitrogens with one attached hydrogen (secondary N) is 1. The molecule has 2 aromatic heterocycles. The molecule has 1 saturated heterocycles. The number of aromatic amines is 1. The van der Waals surface area contributed by atoms with Gasteiger partial charge in [-0.2, -0.15) is 5.10 Å². The Bertz CT molecular complexity index is 800. The fraction of sp³-hybridized carbons (Fsp3) is 0.632. The number of aliphatic hydroxyl groups is 1. The first kappa shape index (κ1) is 16.5. The summed E-state index contributed by atoms with van der Waals surface area (Å²) in [5.41, 5.74) is 2.97. The Morgan fingerprint density at radius 2 is 2.04 bits per heavy atom. The van der Waals surface area contributed by atoms with E-state index in [1.165, 1.54) is 0 Å². The first-order valence-corrected chi connectivity index (χ1v) is 9.37. The van der Waals surface area contributed by atoms with E-state index in [1.54, 1.807) is 0 Å². The Morgan fingerprint density at radius 1 is 1.24 bits per heavy atom. The van der Waals surface area contributed by atoms with Gasteiger partial charge in [0.25, 0.3) is 5.91 Å². The third-order valence-electron chi connectivity index (χ3n) is 5.90. The smallest absolute Gasteiger partial charge is 0.254 e. The number of H-pyrrole nitrogens is 1. The highest BCUT2D eigenvalue weighted by Gasteiger charge is 2.39. The largest absolute Gasteiger partial charge is 0.393 e. The summed E-state index contributed by atoms with van der Waals surface area (Å²) in [6, 6.07) is 2.03. The van der Waals surface area contributed by atoms with Crippen molar-refractivity contribution in [2.24, 2.45) is 5.92 Å². The SMILES string of the molecule is Cc1cc(C(=O)N2CCC[C@@H]2[C@@H]2CCCC[C@@H]2O)c2c(C)[nH]nc2n1. The summed E-state index contributed by atoms with van der Waals surface area (Å²) < 4.78 is 0. The van der Waals surface area contributed by atoms with Gasteiger partial charge in [-0.25, -0.2) is 4.98 Å². The van der Waals surface area contributed by atoms with Crippen molar-refractivity contribution in [2.45, 2.75) is 64.5 Å². The normalized spacial score (nSPS) is 27.2. The molecule has 134 valence electrons. The lowest BCUT2D eigenvalue weighted by Crippen LogP contribution is -2.45. The van der Waals surface area contributed by atoms with Crippen molar-refractivity contribution in [3.63, 3.8) is 0 Å². The predicted molar refractivity (Wildman–Crippen MR) is 95.4 cm³/mol. The van der Waals surface area contributed by atoms with Crippen molar-refractivity contribution in [3.05, 3.63) is 23.0 Å². The Kier molecular flexibility index (Phi) is 4.23. The van der Waals surface area contributed by atoms with Crippen LogP contribution in [0.3, 0.4) is 0 Å². The van der Waals surface area contributed by atoms with Gasteiger partial charge < -0.3 is 10.0 Å². The predicted octanol–water partition coefficient (Wildman–Crippen LogP) is 2.73. The van der Waals surface area contributed by atoms with Crippen LogP contribution in [0.4, 0.5) is 0 Å². The lowest BCUT2D eigenvalue weighted by molar-refractivity contribution is 0.0212. The van der Waals surface area contributed by atoms with E-state index >= 15 is 0 Å². The number of rotatable bonds is 2. The summed E-state index contributed by atoms with van der Waals surface area (Å²) in [5, 5.41) is 18.5. The molecule has 2 N–H and O–H groups in total. The van der Waals surface area contributed by atoms with Crippen molar-refractivity contribution in [1.29, 1.82) is 0 Å². The number of carbonyl (C=O) groups is 1. The van der Waals surface area contributed by atoms with Crippen molar-refractivity contribution in [1.82, 2.24) is 20.1 Å². The minimum absolute atomic E-state index is 0.0558. The number of pyridine rings is 1. The highest BCUT2D eigenvalue weighted by molar-refractivity contribution is 6.06. The molecule has 3 atom stereocenters. The molecule has 0 aromatic carbocycles. The lowest BCUT2D eigenvalue weighted by Gasteiger charge is -2.37. The van der Waals surface area contributed by atoms with Gasteiger partial charge in [-0.15, -0.1) is 0 Å². The molecule has 1 saturated carbocycles. The molecule has 1 aliphatic heterocycles. The molecule has 0 spiro atoms. The van der Waals surface area contributed by atoms with Crippen LogP contribution in [0, 0.1) is 19.8 Å². The molecule has 0 bridgehead atoms. The highest BCUT2D eigenvalue weighted by Crippen LogP contribution is 2.36. The number of aryl methyl sites for hydroxylation is 2. The van der Waals surface area contributed by atoms with E-state index in [1.807, 2.05) is 24.8 Å². The molecule has 1 aliphatic carbocycles. The van der Waals surface area contributed by atoms with Gasteiger partial charge >= 0.3 is 0 Å². The molecule has 1 amide bonds. The molecule has 3 heterocycles. The number of carbonyl (C=O) groups excluding carboxylic acids is 1. The molecule has 4 rings (SSSR count). The molecule has 2 fully saturated rings. The van der Waals surface area contributed by atoms with Gasteiger partial charge in [0.1, 0.15) is 0 Å². The van der Waals surface area contributed by atoms with Crippen molar-refractivity contribution in [3.8, 4) is 0 Å². The maximum absolute atomic E-state index is 13.4. The maximum atomic E-state index is 13.4. The molecule has 6 heteroatoms. The molecular weight excluding hydrogens is 316 g/mol. The molecule has 2 aromatic rings. The van der Waals surface area contributed by atoms with Crippen LogP contribution < -0.4 is 0 Å². The second-order valence-electron chi connectivity index (χ2n) is 7.58. The van der Waals surface area contributed by atoms with Crippen molar-refractivity contribution in [2.75, 3.05) is 6.54 Å². The molecular formula is C19H26N4O2. The van der Waals surface area contributed by atoms with Crippen molar-refractivity contribution >= 4 is 16.9 Å². The highest BCUT2D eigenvalue weighted by atomic mass is 16.3. The van der Waals surface area contributed by atoms with Gasteiger partial charge in [0.15, 0.2) is 5.65 Å². The van der Waals surface area contributed by atoms with Crippen LogP contribution in [-0.2, 0) is 0 Å². The zero-order valence-electron chi connectivity index (χ0n) is 15.0. The number of hydrogen-bond donors (Lipinski definition) is 2. The van der Waals surface area contributed by atoms with E-state index in [0.717, 1.165) is 61.8 Å². The van der Waals surface area contributed by atoms with E-state index in [-0.39, 0.29) is 24.0 Å². The first-order valence-electron chi connectivity index (χ1n) is 9.37. The summed E-state index contributed by atoms with van der Waals surface area (Å²) in [6.45, 7) is 4.59. The van der Waals surface area contributed by atoms with Crippen LogP contribution >= 0.6 is 0 Å². The van der Waals surface area contributed by atoms with Crippen LogP contribution in [0.2, 0.25) is 0 Å². The van der Waals surface area contributed by atoms with E-state index in [0.29, 0.717) is 11.2 Å². The topological polar surface area (TPSA) is 82.1 Å². The molecule has 0 unspecified atom stereocenters. The molecule has 6 nitrogen and oxygen atoms in total. The number of hydrogen-bond acceptors (Lipinski definition) is 4. The van der Waals surface area contributed by atoms with Gasteiger partial charge in [0, 0.05) is 29.9 Å². The van der Waals surface area contributed by atoms with Crippen LogP contribution in [-0.4, -0.2) is 49.8 Å². The summed E-state index contributed by atoms with van der Waals surface area (Å²) in [7, 11) is 0. The average Bonchev–Trinajstić information content (AvgIpc) is 3.21. The van der Waals surface area contributed by atoms with Gasteiger partial charge in [-0.3, -0.25) is 9.89 Å². The lowest BCUT2D eigenvalue weighted by atomic mass is 9.80. The van der Waals surface area contributed by atoms with E-state index < -0.39 is 0 Å². The number of amides is 1. The summed E-state index contributed by atoms with van der Waals surface area (Å²) in [6.07, 6.45) is 5.86. The van der Waals surface area contributed by atoms with Gasteiger partial charge in [-0.05, 0) is 45.6 Å². The first-order chi connectivity index (χ1) is 12.1. The summed E-state index contributed by atoms with van der Waals surface area (Å²) in [4.78, 5) is 19.8. The number of nitrogens with zero attached hydrogens (tertiary/aromatic N) is 3. The second kappa shape index (κ2) is 6.41. The Labute approximate surface area is 147 Å². The van der Waals surface area contributed by atoms with Gasteiger partial charge in [0.05, 0.1) is 17.1 Å². The molecule has 0 radical (unpaired) electrons. The number of aromatic nitrogens is 3. The van der Waals surface area contributed by atoms with E-state index in [9.17, 15) is 9.90 Å². The average molecular weight is 342 g/mol. The zero-order chi connectivity index (χ0) is 17.6. The van der Waals surface area contributed by atoms with Gasteiger partial charge in [0.2, 0.25) is 0 Å². The van der Waals surface area contributed by atoms with E-state index in [4.69, 9.17) is 0 Å². The third-order valence-corrected chi connectivity index (χ3v) is 5.90. The van der Waals surface area contributed by atoms with Gasteiger partial charge in [-0.1, -0.05) is 12.8 Å². The quantitative estimate of drug-likeness (QED) is 0.879. The fourth-order valence-electron chi connectivity index (χ4n) is 4.70.